The summed E-state index contributed by atoms with van der Waals surface area (Å²) in [5.41, 5.74) is 11.3. The van der Waals surface area contributed by atoms with Gasteiger partial charge in [-0.15, -0.1) is 22.2 Å². The second kappa shape index (κ2) is 8.85. The number of rotatable bonds is 5. The van der Waals surface area contributed by atoms with Gasteiger partial charge < -0.3 is 14.8 Å². The Morgan fingerprint density at radius 1 is 1.62 bits per heavy atom. The summed E-state index contributed by atoms with van der Waals surface area (Å²) < 4.78 is 4.96. The molecule has 12 heteroatoms. The fourth-order valence-corrected chi connectivity index (χ4v) is 4.53. The largest absolute Gasteiger partial charge is 0.478 e. The summed E-state index contributed by atoms with van der Waals surface area (Å²) in [5, 5.41) is 14.9. The molecule has 0 saturated heterocycles. The minimum atomic E-state index is -0.981. The second-order valence-electron chi connectivity index (χ2n) is 4.47. The number of carboxylic acid groups (broad SMARTS) is 1. The number of ether oxygens (including phenoxy) is 1. The van der Waals surface area contributed by atoms with E-state index in [0.29, 0.717) is 17.4 Å². The number of nitrogens with one attached hydrogen (secondary N) is 1. The number of carbonyl (C=O) groups excluding carboxylic acids is 1. The molecule has 1 unspecified atom stereocenters. The highest BCUT2D eigenvalue weighted by Crippen LogP contribution is 2.51. The normalized spacial score (nSPS) is 15.2. The number of carbonyl (C=O) groups is 2. The van der Waals surface area contributed by atoms with Crippen LogP contribution in [0.1, 0.15) is 17.4 Å². The highest BCUT2D eigenvalue weighted by atomic mass is 32.2. The Labute approximate surface area is 154 Å². The van der Waals surface area contributed by atoms with Crippen molar-refractivity contribution in [3.05, 3.63) is 40.2 Å². The van der Waals surface area contributed by atoms with Gasteiger partial charge in [0, 0.05) is 16.4 Å². The van der Waals surface area contributed by atoms with Gasteiger partial charge in [0.1, 0.15) is 5.69 Å². The van der Waals surface area contributed by atoms with Gasteiger partial charge in [-0.3, -0.25) is 0 Å². The number of aliphatic carboxylic acids is 1. The number of nitrogens with zero attached hydrogens (tertiary/aromatic N) is 5. The lowest BCUT2D eigenvalue weighted by Crippen LogP contribution is -2.04. The van der Waals surface area contributed by atoms with Crippen molar-refractivity contribution in [3.8, 4) is 0 Å². The number of H-pyrrole nitrogens is 1. The number of carboxylic acids is 1. The van der Waals surface area contributed by atoms with E-state index in [1.54, 1.807) is 18.5 Å². The first kappa shape index (κ1) is 19.2. The molecule has 0 amide bonds. The summed E-state index contributed by atoms with van der Waals surface area (Å²) in [7, 11) is -0.898. The van der Waals surface area contributed by atoms with Crippen molar-refractivity contribution in [2.45, 2.75) is 17.0 Å². The van der Waals surface area contributed by atoms with Crippen LogP contribution in [0.2, 0.25) is 0 Å². The predicted octanol–water partition coefficient (Wildman–Crippen LogP) is 3.94. The van der Waals surface area contributed by atoms with Crippen LogP contribution in [0.25, 0.3) is 10.4 Å². The average Bonchev–Trinajstić information content (AvgIpc) is 3.31. The van der Waals surface area contributed by atoms with Gasteiger partial charge in [-0.25, -0.2) is 19.6 Å². The molecule has 136 valence electrons. The summed E-state index contributed by atoms with van der Waals surface area (Å²) in [6.07, 6.45) is 0.833. The Balaban J connectivity index is 0.000000431. The maximum absolute atomic E-state index is 11.7. The molecule has 3 heterocycles. The number of thiazole rings is 1. The minimum Gasteiger partial charge on any atom is -0.478 e. The lowest BCUT2D eigenvalue weighted by Gasteiger charge is -2.08. The van der Waals surface area contributed by atoms with Crippen molar-refractivity contribution in [2.75, 3.05) is 6.61 Å². The van der Waals surface area contributed by atoms with E-state index in [1.165, 1.54) is 11.3 Å². The zero-order valence-electron chi connectivity index (χ0n) is 13.5. The molecule has 2 aromatic heterocycles. The monoisotopic (exact) mass is 394 g/mol. The van der Waals surface area contributed by atoms with E-state index in [4.69, 9.17) is 15.4 Å². The van der Waals surface area contributed by atoms with E-state index in [1.807, 2.05) is 5.38 Å². The van der Waals surface area contributed by atoms with Crippen LogP contribution in [0.15, 0.2) is 44.3 Å². The van der Waals surface area contributed by atoms with Gasteiger partial charge in [0.05, 0.1) is 27.9 Å². The number of esters is 1. The van der Waals surface area contributed by atoms with E-state index in [-0.39, 0.29) is 0 Å². The van der Waals surface area contributed by atoms with Gasteiger partial charge in [-0.05, 0) is 23.6 Å². The lowest BCUT2D eigenvalue weighted by atomic mass is 10.4. The molecule has 0 aromatic carbocycles. The summed E-state index contributed by atoms with van der Waals surface area (Å²) in [6.45, 7) is 5.04. The zero-order chi connectivity index (χ0) is 19.1. The van der Waals surface area contributed by atoms with Gasteiger partial charge in [-0.1, -0.05) is 6.58 Å². The number of aromatic nitrogens is 2. The van der Waals surface area contributed by atoms with Crippen molar-refractivity contribution in [3.63, 3.8) is 0 Å². The first-order valence-electron chi connectivity index (χ1n) is 7.09. The van der Waals surface area contributed by atoms with Crippen molar-refractivity contribution < 1.29 is 19.4 Å². The standard InChI is InChI=1S/C11H10N6O2S2.C3H4O2/c1-2-19-10(18)7-3-6-9(14-7)21(5-13-6)8-4-20-11(15-8)16-17-12;1-2-3(4)5/h3-5,14,21H,2H2,1H3;2H,1H2,(H,4,5). The van der Waals surface area contributed by atoms with Crippen LogP contribution in [0.4, 0.5) is 10.8 Å². The Kier molecular flexibility index (Phi) is 6.55. The molecule has 0 bridgehead atoms. The highest BCUT2D eigenvalue weighted by molar-refractivity contribution is 8.28. The fraction of sp³-hybridized carbons (Fsp3) is 0.143. The summed E-state index contributed by atoms with van der Waals surface area (Å²) in [5.74, 6) is -1.38. The van der Waals surface area contributed by atoms with Crippen molar-refractivity contribution in [1.82, 2.24) is 9.97 Å². The lowest BCUT2D eigenvalue weighted by molar-refractivity contribution is -0.131. The van der Waals surface area contributed by atoms with Gasteiger partial charge in [0.15, 0.2) is 5.13 Å². The van der Waals surface area contributed by atoms with Gasteiger partial charge >= 0.3 is 11.9 Å². The van der Waals surface area contributed by atoms with Crippen LogP contribution < -0.4 is 0 Å². The molecular formula is C14H14N6O4S2. The van der Waals surface area contributed by atoms with Gasteiger partial charge in [0.25, 0.3) is 0 Å². The number of aromatic amines is 1. The first-order valence-corrected chi connectivity index (χ1v) is 9.38. The number of aliphatic imine (C=N–C) groups is 1. The van der Waals surface area contributed by atoms with Crippen LogP contribution in [0.5, 0.6) is 0 Å². The molecule has 10 nitrogen and oxygen atoms in total. The van der Waals surface area contributed by atoms with E-state index >= 15 is 0 Å². The van der Waals surface area contributed by atoms with Crippen LogP contribution in [0.3, 0.4) is 0 Å². The smallest absolute Gasteiger partial charge is 0.354 e. The zero-order valence-corrected chi connectivity index (χ0v) is 15.2. The van der Waals surface area contributed by atoms with Crippen molar-refractivity contribution in [2.24, 2.45) is 10.1 Å². The quantitative estimate of drug-likeness (QED) is 0.175. The topological polar surface area (TPSA) is 153 Å². The molecule has 3 rings (SSSR count). The first-order chi connectivity index (χ1) is 12.5. The third kappa shape index (κ3) is 4.51. The van der Waals surface area contributed by atoms with E-state index in [2.05, 4.69) is 31.6 Å². The Morgan fingerprint density at radius 3 is 2.96 bits per heavy atom. The molecule has 2 aromatic rings. The third-order valence-electron chi connectivity index (χ3n) is 2.86. The summed E-state index contributed by atoms with van der Waals surface area (Å²) in [6, 6.07) is 1.67. The third-order valence-corrected chi connectivity index (χ3v) is 5.65. The average molecular weight is 394 g/mol. The maximum Gasteiger partial charge on any atom is 0.354 e. The van der Waals surface area contributed by atoms with Crippen LogP contribution in [-0.4, -0.2) is 39.2 Å². The molecule has 2 N–H and O–H groups in total. The molecular weight excluding hydrogens is 380 g/mol. The Bertz CT molecular complexity index is 912. The second-order valence-corrected chi connectivity index (χ2v) is 7.18. The molecule has 0 saturated carbocycles. The number of hydrogen-bond donors (Lipinski definition) is 3. The SMILES string of the molecule is C=CC(=O)O.CCOC(=O)c1cc2c([nH]1)[SH](c1csc(N=[N+]=[N-])n1)C=N2. The van der Waals surface area contributed by atoms with E-state index < -0.39 is 22.8 Å². The number of fused-ring (bicyclic) bond motifs is 1. The van der Waals surface area contributed by atoms with Crippen LogP contribution >= 0.6 is 22.2 Å². The van der Waals surface area contributed by atoms with Gasteiger partial charge in [-0.2, -0.15) is 0 Å². The predicted molar refractivity (Wildman–Crippen MR) is 99.2 cm³/mol. The Hall–Kier alpha value is -3.08. The molecule has 1 aliphatic heterocycles. The number of thiol groups is 1. The van der Waals surface area contributed by atoms with Crippen LogP contribution in [0, 0.1) is 0 Å². The van der Waals surface area contributed by atoms with Crippen molar-refractivity contribution >= 4 is 50.5 Å². The molecule has 0 spiro atoms. The molecule has 0 fully saturated rings. The van der Waals surface area contributed by atoms with E-state index in [9.17, 15) is 9.59 Å². The van der Waals surface area contributed by atoms with E-state index in [0.717, 1.165) is 21.8 Å². The fourth-order valence-electron chi connectivity index (χ4n) is 1.84. The summed E-state index contributed by atoms with van der Waals surface area (Å²) in [4.78, 5) is 35.3. The molecule has 0 radical (unpaired) electrons. The van der Waals surface area contributed by atoms with Gasteiger partial charge in [0.2, 0.25) is 0 Å². The number of hydrogen-bond acceptors (Lipinski definition) is 7. The number of azide groups is 1. The Morgan fingerprint density at radius 2 is 2.35 bits per heavy atom. The summed E-state index contributed by atoms with van der Waals surface area (Å²) >= 11 is 1.27. The molecule has 1 aliphatic rings. The van der Waals surface area contributed by atoms with Crippen LogP contribution in [-0.2, 0) is 9.53 Å². The maximum atomic E-state index is 11.7. The van der Waals surface area contributed by atoms with Crippen molar-refractivity contribution in [1.29, 1.82) is 0 Å². The molecule has 26 heavy (non-hydrogen) atoms. The molecule has 1 atom stereocenters. The minimum absolute atomic E-state index is 0.322. The molecule has 0 aliphatic carbocycles. The highest BCUT2D eigenvalue weighted by Gasteiger charge is 2.24.